The number of benzene rings is 1. The van der Waals surface area contributed by atoms with Crippen LogP contribution < -0.4 is 0 Å². The molecule has 6 nitrogen and oxygen atoms in total. The molecule has 0 aliphatic carbocycles. The highest BCUT2D eigenvalue weighted by Gasteiger charge is 2.35. The number of hydrazone groups is 1. The van der Waals surface area contributed by atoms with Gasteiger partial charge in [0.15, 0.2) is 5.84 Å². The zero-order valence-electron chi connectivity index (χ0n) is 15.1. The predicted molar refractivity (Wildman–Crippen MR) is 114 cm³/mol. The number of nitrogens with zero attached hydrogens (tertiary/aromatic N) is 3. The van der Waals surface area contributed by atoms with Crippen molar-refractivity contribution in [3.8, 4) is 11.3 Å². The molecule has 2 aromatic rings. The Morgan fingerprint density at radius 3 is 2.89 bits per heavy atom. The lowest BCUT2D eigenvalue weighted by atomic mass is 10.1. The summed E-state index contributed by atoms with van der Waals surface area (Å²) in [6, 6.07) is 10.9. The minimum Gasteiger partial charge on any atom is -0.457 e. The van der Waals surface area contributed by atoms with E-state index in [-0.39, 0.29) is 11.4 Å². The summed E-state index contributed by atoms with van der Waals surface area (Å²) in [6.07, 6.45) is 4.40. The fourth-order valence-electron chi connectivity index (χ4n) is 2.84. The van der Waals surface area contributed by atoms with Crippen LogP contribution >= 0.6 is 23.4 Å². The van der Waals surface area contributed by atoms with Crippen LogP contribution in [0.5, 0.6) is 0 Å². The van der Waals surface area contributed by atoms with Crippen LogP contribution in [0.25, 0.3) is 17.4 Å². The highest BCUT2D eigenvalue weighted by molar-refractivity contribution is 8.26. The van der Waals surface area contributed by atoms with E-state index in [1.165, 1.54) is 22.8 Å². The molecular weight excluding hydrogens is 396 g/mol. The van der Waals surface area contributed by atoms with E-state index in [9.17, 15) is 4.79 Å². The van der Waals surface area contributed by atoms with E-state index < -0.39 is 5.91 Å². The average molecular weight is 413 g/mol. The number of unbranched alkanes of at least 4 members (excludes halogenated alkanes) is 1. The Kier molecular flexibility index (Phi) is 5.19. The van der Waals surface area contributed by atoms with E-state index in [2.05, 4.69) is 17.0 Å². The summed E-state index contributed by atoms with van der Waals surface area (Å²) in [4.78, 5) is 16.5. The summed E-state index contributed by atoms with van der Waals surface area (Å²) < 4.78 is 5.82. The highest BCUT2D eigenvalue weighted by atomic mass is 35.5. The number of thioether (sulfide) groups is 1. The summed E-state index contributed by atoms with van der Waals surface area (Å²) in [6.45, 7) is 2.11. The second-order valence-electron chi connectivity index (χ2n) is 6.30. The Morgan fingerprint density at radius 1 is 1.29 bits per heavy atom. The first-order chi connectivity index (χ1) is 13.6. The summed E-state index contributed by atoms with van der Waals surface area (Å²) >= 11 is 7.56. The number of aliphatic imine (C=N–C) groups is 1. The van der Waals surface area contributed by atoms with Crippen molar-refractivity contribution in [2.24, 2.45) is 10.1 Å². The first-order valence-corrected chi connectivity index (χ1v) is 10.1. The Hall–Kier alpha value is -2.64. The molecule has 28 heavy (non-hydrogen) atoms. The third-order valence-corrected chi connectivity index (χ3v) is 5.59. The standard InChI is InChI=1S/C20H17ClN4O2S/c1-2-3-8-17-24-25-18(22)14(19(26)23-20(25)28-17)11-12-9-10-16(27-12)13-6-4-5-7-15(13)21/h4-7,9-11,22H,2-3,8H2,1H3. The summed E-state index contributed by atoms with van der Waals surface area (Å²) in [5, 5.41) is 16.1. The van der Waals surface area contributed by atoms with E-state index in [0.29, 0.717) is 21.7 Å². The number of fused-ring (bicyclic) bond motifs is 1. The average Bonchev–Trinajstić information content (AvgIpc) is 3.31. The van der Waals surface area contributed by atoms with Crippen molar-refractivity contribution in [1.82, 2.24) is 5.01 Å². The zero-order chi connectivity index (χ0) is 19.7. The van der Waals surface area contributed by atoms with Crippen LogP contribution in [-0.2, 0) is 4.79 Å². The minimum atomic E-state index is -0.466. The van der Waals surface area contributed by atoms with Gasteiger partial charge in [0.25, 0.3) is 5.91 Å². The minimum absolute atomic E-state index is 0.00434. The molecule has 2 aliphatic heterocycles. The molecule has 0 saturated heterocycles. The van der Waals surface area contributed by atoms with E-state index in [4.69, 9.17) is 21.4 Å². The molecule has 142 valence electrons. The molecule has 0 fully saturated rings. The normalized spacial score (nSPS) is 17.8. The number of hydrogen-bond donors (Lipinski definition) is 1. The number of carbonyl (C=O) groups is 1. The van der Waals surface area contributed by atoms with Gasteiger partial charge in [-0.2, -0.15) is 15.1 Å². The molecule has 1 aromatic carbocycles. The first-order valence-electron chi connectivity index (χ1n) is 8.90. The molecular formula is C20H17ClN4O2S. The van der Waals surface area contributed by atoms with Crippen LogP contribution in [0, 0.1) is 5.41 Å². The summed E-state index contributed by atoms with van der Waals surface area (Å²) in [5.74, 6) is 0.577. The largest absolute Gasteiger partial charge is 0.457 e. The van der Waals surface area contributed by atoms with Crippen molar-refractivity contribution in [2.45, 2.75) is 26.2 Å². The van der Waals surface area contributed by atoms with Crippen LogP contribution in [0.3, 0.4) is 0 Å². The van der Waals surface area contributed by atoms with Gasteiger partial charge in [-0.3, -0.25) is 10.2 Å². The van der Waals surface area contributed by atoms with Gasteiger partial charge in [0.05, 0.1) is 10.6 Å². The van der Waals surface area contributed by atoms with Crippen LogP contribution in [0.2, 0.25) is 5.02 Å². The molecule has 4 rings (SSSR count). The predicted octanol–water partition coefficient (Wildman–Crippen LogP) is 5.41. The van der Waals surface area contributed by atoms with Gasteiger partial charge in [-0.25, -0.2) is 0 Å². The number of rotatable bonds is 5. The van der Waals surface area contributed by atoms with E-state index in [1.54, 1.807) is 18.2 Å². The van der Waals surface area contributed by atoms with Crippen molar-refractivity contribution in [1.29, 1.82) is 5.41 Å². The molecule has 0 bridgehead atoms. The van der Waals surface area contributed by atoms with Crippen molar-refractivity contribution in [3.63, 3.8) is 0 Å². The van der Waals surface area contributed by atoms with Gasteiger partial charge in [0, 0.05) is 5.56 Å². The number of halogens is 1. The van der Waals surface area contributed by atoms with E-state index in [1.807, 2.05) is 18.2 Å². The lowest BCUT2D eigenvalue weighted by molar-refractivity contribution is -0.114. The fraction of sp³-hybridized carbons (Fsp3) is 0.200. The Morgan fingerprint density at radius 2 is 2.11 bits per heavy atom. The van der Waals surface area contributed by atoms with Gasteiger partial charge in [-0.1, -0.05) is 37.1 Å². The van der Waals surface area contributed by atoms with Gasteiger partial charge >= 0.3 is 0 Å². The van der Waals surface area contributed by atoms with E-state index in [0.717, 1.165) is 29.9 Å². The topological polar surface area (TPSA) is 82.0 Å². The first kappa shape index (κ1) is 18.7. The maximum atomic E-state index is 12.5. The van der Waals surface area contributed by atoms with Crippen molar-refractivity contribution in [3.05, 3.63) is 52.8 Å². The Bertz CT molecular complexity index is 1050. The van der Waals surface area contributed by atoms with Crippen molar-refractivity contribution < 1.29 is 9.21 Å². The zero-order valence-corrected chi connectivity index (χ0v) is 16.7. The second-order valence-corrected chi connectivity index (χ2v) is 7.75. The number of carbonyl (C=O) groups excluding carboxylic acids is 1. The van der Waals surface area contributed by atoms with Crippen molar-refractivity contribution >= 4 is 51.4 Å². The quantitative estimate of drug-likeness (QED) is 0.665. The molecule has 0 spiro atoms. The van der Waals surface area contributed by atoms with Gasteiger partial charge < -0.3 is 4.42 Å². The molecule has 0 atom stereocenters. The summed E-state index contributed by atoms with van der Waals surface area (Å²) in [7, 11) is 0. The van der Waals surface area contributed by atoms with Crippen molar-refractivity contribution in [2.75, 3.05) is 0 Å². The molecule has 1 N–H and O–H groups in total. The lowest BCUT2D eigenvalue weighted by Gasteiger charge is -2.19. The molecule has 1 aromatic heterocycles. The molecule has 0 radical (unpaired) electrons. The number of nitrogens with one attached hydrogen (secondary N) is 1. The molecule has 8 heteroatoms. The van der Waals surface area contributed by atoms with Gasteiger partial charge in [-0.05, 0) is 54.9 Å². The molecule has 0 unspecified atom stereocenters. The van der Waals surface area contributed by atoms with E-state index >= 15 is 0 Å². The maximum absolute atomic E-state index is 12.5. The molecule has 2 aliphatic rings. The Balaban J connectivity index is 1.61. The fourth-order valence-corrected chi connectivity index (χ4v) is 3.99. The Labute approximate surface area is 171 Å². The third kappa shape index (κ3) is 3.55. The lowest BCUT2D eigenvalue weighted by Crippen LogP contribution is -2.35. The van der Waals surface area contributed by atoms with Gasteiger partial charge in [-0.15, -0.1) is 0 Å². The molecule has 0 saturated carbocycles. The van der Waals surface area contributed by atoms with Crippen LogP contribution in [0.1, 0.15) is 31.9 Å². The monoisotopic (exact) mass is 412 g/mol. The highest BCUT2D eigenvalue weighted by Crippen LogP contribution is 2.32. The smallest absolute Gasteiger partial charge is 0.283 e. The molecule has 3 heterocycles. The van der Waals surface area contributed by atoms with Gasteiger partial charge in [0.2, 0.25) is 5.17 Å². The maximum Gasteiger partial charge on any atom is 0.283 e. The van der Waals surface area contributed by atoms with Crippen LogP contribution in [0.4, 0.5) is 0 Å². The third-order valence-electron chi connectivity index (χ3n) is 4.29. The summed E-state index contributed by atoms with van der Waals surface area (Å²) in [5.41, 5.74) is 0.908. The van der Waals surface area contributed by atoms with Gasteiger partial charge in [0.1, 0.15) is 16.6 Å². The number of amidine groups is 2. The number of furan rings is 1. The van der Waals surface area contributed by atoms with Crippen LogP contribution in [-0.4, -0.2) is 27.0 Å². The van der Waals surface area contributed by atoms with Crippen LogP contribution in [0.15, 0.2) is 56.5 Å². The second kappa shape index (κ2) is 7.77. The number of hydrogen-bond acceptors (Lipinski definition) is 5. The molecule has 1 amide bonds. The SMILES string of the molecule is CCCCC1=NN2C(=N)C(=Cc3ccc(-c4ccccc4Cl)o3)C(=O)N=C2S1. The number of amides is 1.